The number of carbonyl (C=O) groups is 2. The summed E-state index contributed by atoms with van der Waals surface area (Å²) in [7, 11) is 0. The van der Waals surface area contributed by atoms with E-state index in [1.807, 2.05) is 66.5 Å². The molecule has 0 aliphatic carbocycles. The molecule has 0 saturated carbocycles. The molecular weight excluding hydrogens is 362 g/mol. The van der Waals surface area contributed by atoms with Gasteiger partial charge in [0.15, 0.2) is 0 Å². The summed E-state index contributed by atoms with van der Waals surface area (Å²) in [5, 5.41) is 4.60. The molecule has 29 heavy (non-hydrogen) atoms. The minimum Gasteiger partial charge on any atom is -0.308 e. The highest BCUT2D eigenvalue weighted by molar-refractivity contribution is 6.24. The standard InChI is InChI=1S/C24H29N3O2/c1-3-4-16-25-27-17-20-12-8-9-13-21(20)23(18(27)2)24(29)26-22(28)15-14-19-10-6-5-7-11-19/h5-13,25H,3-4,14-17H2,1-2H3,(H,26,28,29). The van der Waals surface area contributed by atoms with Gasteiger partial charge in [0.2, 0.25) is 5.91 Å². The van der Waals surface area contributed by atoms with Crippen molar-refractivity contribution in [1.82, 2.24) is 15.8 Å². The van der Waals surface area contributed by atoms with Gasteiger partial charge in [-0.05, 0) is 36.5 Å². The number of nitrogens with zero attached hydrogens (tertiary/aromatic N) is 1. The van der Waals surface area contributed by atoms with Gasteiger partial charge in [0, 0.05) is 18.7 Å². The molecule has 0 bridgehead atoms. The number of aryl methyl sites for hydroxylation is 1. The molecule has 5 heteroatoms. The van der Waals surface area contributed by atoms with Gasteiger partial charge in [-0.15, -0.1) is 0 Å². The fourth-order valence-electron chi connectivity index (χ4n) is 3.53. The molecule has 0 fully saturated rings. The zero-order chi connectivity index (χ0) is 20.6. The highest BCUT2D eigenvalue weighted by Crippen LogP contribution is 2.30. The maximum Gasteiger partial charge on any atom is 0.260 e. The number of unbranched alkanes of at least 4 members (excludes halogenated alkanes) is 1. The third-order valence-corrected chi connectivity index (χ3v) is 5.18. The van der Waals surface area contributed by atoms with E-state index in [4.69, 9.17) is 0 Å². The van der Waals surface area contributed by atoms with Crippen LogP contribution in [0.1, 0.15) is 49.8 Å². The van der Waals surface area contributed by atoms with Gasteiger partial charge >= 0.3 is 0 Å². The summed E-state index contributed by atoms with van der Waals surface area (Å²) in [6.45, 7) is 5.62. The first-order chi connectivity index (χ1) is 14.1. The van der Waals surface area contributed by atoms with Crippen LogP contribution < -0.4 is 10.7 Å². The quantitative estimate of drug-likeness (QED) is 0.672. The molecule has 0 aromatic heterocycles. The van der Waals surface area contributed by atoms with Crippen molar-refractivity contribution >= 4 is 17.4 Å². The molecule has 5 nitrogen and oxygen atoms in total. The van der Waals surface area contributed by atoms with Crippen molar-refractivity contribution in [1.29, 1.82) is 0 Å². The fourth-order valence-corrected chi connectivity index (χ4v) is 3.53. The highest BCUT2D eigenvalue weighted by atomic mass is 16.2. The molecule has 2 amide bonds. The van der Waals surface area contributed by atoms with Crippen LogP contribution in [-0.4, -0.2) is 23.4 Å². The summed E-state index contributed by atoms with van der Waals surface area (Å²) in [5.74, 6) is -0.595. The van der Waals surface area contributed by atoms with Gasteiger partial charge in [-0.2, -0.15) is 0 Å². The van der Waals surface area contributed by atoms with Gasteiger partial charge in [0.1, 0.15) is 0 Å². The molecule has 0 radical (unpaired) electrons. The number of hydrazine groups is 1. The number of rotatable bonds is 8. The number of carbonyl (C=O) groups excluding carboxylic acids is 2. The lowest BCUT2D eigenvalue weighted by molar-refractivity contribution is -0.127. The Kier molecular flexibility index (Phi) is 7.19. The summed E-state index contributed by atoms with van der Waals surface area (Å²) < 4.78 is 0. The fraction of sp³-hybridized carbons (Fsp3) is 0.333. The van der Waals surface area contributed by atoms with E-state index in [9.17, 15) is 9.59 Å². The van der Waals surface area contributed by atoms with Crippen molar-refractivity contribution in [2.75, 3.05) is 6.54 Å². The number of benzene rings is 2. The Bertz CT molecular complexity index is 890. The molecule has 1 heterocycles. The second kappa shape index (κ2) is 10.0. The van der Waals surface area contributed by atoms with E-state index >= 15 is 0 Å². The van der Waals surface area contributed by atoms with E-state index in [2.05, 4.69) is 17.7 Å². The lowest BCUT2D eigenvalue weighted by Gasteiger charge is -2.33. The summed E-state index contributed by atoms with van der Waals surface area (Å²) in [6, 6.07) is 17.7. The molecule has 152 valence electrons. The number of fused-ring (bicyclic) bond motifs is 1. The van der Waals surface area contributed by atoms with Crippen molar-refractivity contribution in [3.8, 4) is 0 Å². The molecule has 2 aromatic rings. The number of imide groups is 1. The van der Waals surface area contributed by atoms with Crippen LogP contribution in [0.25, 0.3) is 5.57 Å². The average molecular weight is 392 g/mol. The van der Waals surface area contributed by atoms with Crippen molar-refractivity contribution in [2.24, 2.45) is 0 Å². The van der Waals surface area contributed by atoms with Gasteiger partial charge in [-0.25, -0.2) is 5.43 Å². The average Bonchev–Trinajstić information content (AvgIpc) is 2.73. The van der Waals surface area contributed by atoms with Gasteiger partial charge in [0.05, 0.1) is 12.1 Å². The molecule has 0 unspecified atom stereocenters. The summed E-state index contributed by atoms with van der Waals surface area (Å²) in [6.07, 6.45) is 3.05. The normalized spacial score (nSPS) is 13.2. The van der Waals surface area contributed by atoms with E-state index in [1.165, 1.54) is 0 Å². The number of hydrogen-bond acceptors (Lipinski definition) is 4. The van der Waals surface area contributed by atoms with Crippen LogP contribution in [0.15, 0.2) is 60.3 Å². The van der Waals surface area contributed by atoms with E-state index < -0.39 is 0 Å². The first-order valence-electron chi connectivity index (χ1n) is 10.3. The van der Waals surface area contributed by atoms with E-state index in [0.29, 0.717) is 18.5 Å². The van der Waals surface area contributed by atoms with Crippen LogP contribution in [0, 0.1) is 0 Å². The summed E-state index contributed by atoms with van der Waals surface area (Å²) >= 11 is 0. The van der Waals surface area contributed by atoms with Crippen LogP contribution in [0.3, 0.4) is 0 Å². The number of hydrogen-bond donors (Lipinski definition) is 2. The topological polar surface area (TPSA) is 61.4 Å². The molecular formula is C24H29N3O2. The van der Waals surface area contributed by atoms with E-state index in [-0.39, 0.29) is 18.2 Å². The maximum atomic E-state index is 13.0. The second-order valence-electron chi connectivity index (χ2n) is 7.33. The van der Waals surface area contributed by atoms with Gasteiger partial charge in [-0.3, -0.25) is 14.9 Å². The molecule has 0 saturated heterocycles. The van der Waals surface area contributed by atoms with Crippen LogP contribution in [0.4, 0.5) is 0 Å². The lowest BCUT2D eigenvalue weighted by atomic mass is 9.94. The summed E-state index contributed by atoms with van der Waals surface area (Å²) in [5.41, 5.74) is 7.86. The Labute approximate surface area is 172 Å². The Morgan fingerprint density at radius 3 is 2.52 bits per heavy atom. The number of allylic oxidation sites excluding steroid dienone is 1. The molecule has 0 atom stereocenters. The molecule has 2 N–H and O–H groups in total. The molecule has 3 rings (SSSR count). The lowest BCUT2D eigenvalue weighted by Crippen LogP contribution is -2.42. The molecule has 1 aliphatic heterocycles. The van der Waals surface area contributed by atoms with Gasteiger partial charge < -0.3 is 5.01 Å². The minimum atomic E-state index is -0.338. The second-order valence-corrected chi connectivity index (χ2v) is 7.33. The maximum absolute atomic E-state index is 13.0. The predicted octanol–water partition coefficient (Wildman–Crippen LogP) is 3.81. The Morgan fingerprint density at radius 1 is 1.03 bits per heavy atom. The first kappa shape index (κ1) is 20.8. The zero-order valence-corrected chi connectivity index (χ0v) is 17.2. The molecule has 0 spiro atoms. The zero-order valence-electron chi connectivity index (χ0n) is 17.2. The SMILES string of the molecule is CCCCNN1Cc2ccccc2C(C(=O)NC(=O)CCc2ccccc2)=C1C. The third kappa shape index (κ3) is 5.33. The Hall–Kier alpha value is -2.92. The minimum absolute atomic E-state index is 0.257. The molecule has 1 aliphatic rings. The van der Waals surface area contributed by atoms with Crippen molar-refractivity contribution in [3.63, 3.8) is 0 Å². The molecule has 2 aromatic carbocycles. The number of amides is 2. The Morgan fingerprint density at radius 2 is 1.76 bits per heavy atom. The van der Waals surface area contributed by atoms with Crippen LogP contribution in [-0.2, 0) is 22.6 Å². The van der Waals surface area contributed by atoms with Crippen LogP contribution in [0.2, 0.25) is 0 Å². The van der Waals surface area contributed by atoms with E-state index in [1.54, 1.807) is 0 Å². The summed E-state index contributed by atoms with van der Waals surface area (Å²) in [4.78, 5) is 25.4. The first-order valence-corrected chi connectivity index (χ1v) is 10.3. The van der Waals surface area contributed by atoms with Crippen molar-refractivity contribution in [3.05, 3.63) is 77.0 Å². The smallest absolute Gasteiger partial charge is 0.260 e. The number of nitrogens with one attached hydrogen (secondary N) is 2. The highest BCUT2D eigenvalue weighted by Gasteiger charge is 2.27. The van der Waals surface area contributed by atoms with Crippen molar-refractivity contribution < 1.29 is 9.59 Å². The third-order valence-electron chi connectivity index (χ3n) is 5.18. The predicted molar refractivity (Wildman–Crippen MR) is 115 cm³/mol. The van der Waals surface area contributed by atoms with Gasteiger partial charge in [-0.1, -0.05) is 67.9 Å². The Balaban J connectivity index is 1.73. The van der Waals surface area contributed by atoms with Gasteiger partial charge in [0.25, 0.3) is 5.91 Å². The monoisotopic (exact) mass is 391 g/mol. The largest absolute Gasteiger partial charge is 0.308 e. The van der Waals surface area contributed by atoms with Crippen LogP contribution >= 0.6 is 0 Å². The van der Waals surface area contributed by atoms with E-state index in [0.717, 1.165) is 41.8 Å². The van der Waals surface area contributed by atoms with Crippen molar-refractivity contribution in [2.45, 2.75) is 46.1 Å². The van der Waals surface area contributed by atoms with Crippen LogP contribution in [0.5, 0.6) is 0 Å².